The van der Waals surface area contributed by atoms with Gasteiger partial charge in [0.2, 0.25) is 5.91 Å². The fourth-order valence-corrected chi connectivity index (χ4v) is 4.49. The van der Waals surface area contributed by atoms with Crippen LogP contribution in [-0.2, 0) is 4.79 Å². The quantitative estimate of drug-likeness (QED) is 0.475. The molecule has 0 unspecified atom stereocenters. The highest BCUT2D eigenvalue weighted by Gasteiger charge is 2.23. The van der Waals surface area contributed by atoms with Crippen LogP contribution >= 0.6 is 0 Å². The van der Waals surface area contributed by atoms with Crippen molar-refractivity contribution in [1.29, 1.82) is 0 Å². The molecule has 1 aliphatic rings. The number of hydrogen-bond acceptors (Lipinski definition) is 4. The van der Waals surface area contributed by atoms with Crippen molar-refractivity contribution < 1.29 is 14.3 Å². The molecule has 1 heterocycles. The van der Waals surface area contributed by atoms with Crippen LogP contribution in [0.15, 0.2) is 48.5 Å². The number of para-hydroxylation sites is 2. The number of ether oxygens (including phenoxy) is 1. The zero-order chi connectivity index (χ0) is 24.5. The molecule has 0 spiro atoms. The van der Waals surface area contributed by atoms with E-state index in [1.165, 1.54) is 0 Å². The van der Waals surface area contributed by atoms with Crippen LogP contribution in [0.2, 0.25) is 0 Å². The number of piperidine rings is 1. The van der Waals surface area contributed by atoms with E-state index >= 15 is 0 Å². The molecule has 3 rings (SSSR count). The minimum atomic E-state index is -0.0534. The smallest absolute Gasteiger partial charge is 0.258 e. The van der Waals surface area contributed by atoms with Crippen molar-refractivity contribution in [3.63, 3.8) is 0 Å². The van der Waals surface area contributed by atoms with E-state index in [1.807, 2.05) is 60.4 Å². The SMILES string of the molecule is Cc1ccccc1C(=O)N(C)c1ccccc1OCCCCCC(=O)N1CCC(N(C)C)CC1. The molecule has 6 nitrogen and oxygen atoms in total. The summed E-state index contributed by atoms with van der Waals surface area (Å²) >= 11 is 0. The third-order valence-electron chi connectivity index (χ3n) is 6.75. The lowest BCUT2D eigenvalue weighted by Crippen LogP contribution is -2.44. The van der Waals surface area contributed by atoms with Crippen molar-refractivity contribution in [2.45, 2.75) is 51.5 Å². The third-order valence-corrected chi connectivity index (χ3v) is 6.75. The van der Waals surface area contributed by atoms with Crippen LogP contribution in [0.5, 0.6) is 5.75 Å². The van der Waals surface area contributed by atoms with Crippen molar-refractivity contribution in [1.82, 2.24) is 9.80 Å². The van der Waals surface area contributed by atoms with Crippen molar-refractivity contribution in [2.75, 3.05) is 45.7 Å². The van der Waals surface area contributed by atoms with Gasteiger partial charge in [0, 0.05) is 38.2 Å². The summed E-state index contributed by atoms with van der Waals surface area (Å²) in [5, 5.41) is 0. The predicted molar refractivity (Wildman–Crippen MR) is 138 cm³/mol. The predicted octanol–water partition coefficient (Wildman–Crippen LogP) is 4.76. The number of nitrogens with zero attached hydrogens (tertiary/aromatic N) is 3. The summed E-state index contributed by atoms with van der Waals surface area (Å²) in [5.41, 5.74) is 2.40. The van der Waals surface area contributed by atoms with Gasteiger partial charge in [-0.25, -0.2) is 0 Å². The molecule has 2 amide bonds. The molecule has 0 atom stereocenters. The molecule has 2 aromatic carbocycles. The molecule has 0 radical (unpaired) electrons. The van der Waals surface area contributed by atoms with Gasteiger partial charge in [-0.05, 0) is 76.9 Å². The molecule has 0 N–H and O–H groups in total. The Morgan fingerprint density at radius 2 is 1.62 bits per heavy atom. The molecule has 34 heavy (non-hydrogen) atoms. The Balaban J connectivity index is 1.42. The van der Waals surface area contributed by atoms with E-state index in [0.717, 1.165) is 56.4 Å². The lowest BCUT2D eigenvalue weighted by molar-refractivity contribution is -0.132. The molecule has 184 valence electrons. The first-order chi connectivity index (χ1) is 16.4. The molecule has 0 aliphatic carbocycles. The average Bonchev–Trinajstić information content (AvgIpc) is 2.85. The Morgan fingerprint density at radius 3 is 2.32 bits per heavy atom. The summed E-state index contributed by atoms with van der Waals surface area (Å²) in [7, 11) is 6.01. The van der Waals surface area contributed by atoms with Gasteiger partial charge in [-0.3, -0.25) is 9.59 Å². The molecule has 1 saturated heterocycles. The van der Waals surface area contributed by atoms with Gasteiger partial charge in [-0.1, -0.05) is 30.3 Å². The molecule has 0 bridgehead atoms. The highest BCUT2D eigenvalue weighted by atomic mass is 16.5. The van der Waals surface area contributed by atoms with Gasteiger partial charge in [0.25, 0.3) is 5.91 Å². The average molecular weight is 466 g/mol. The lowest BCUT2D eigenvalue weighted by atomic mass is 10.0. The summed E-state index contributed by atoms with van der Waals surface area (Å²) in [4.78, 5) is 31.4. The molecule has 0 aromatic heterocycles. The zero-order valence-electron chi connectivity index (χ0n) is 21.1. The van der Waals surface area contributed by atoms with Crippen molar-refractivity contribution >= 4 is 17.5 Å². The van der Waals surface area contributed by atoms with Gasteiger partial charge in [0.1, 0.15) is 5.75 Å². The van der Waals surface area contributed by atoms with E-state index in [0.29, 0.717) is 30.4 Å². The second-order valence-corrected chi connectivity index (χ2v) is 9.38. The third kappa shape index (κ3) is 6.83. The summed E-state index contributed by atoms with van der Waals surface area (Å²) in [6.07, 6.45) is 5.43. The Kier molecular flexibility index (Phi) is 9.52. The van der Waals surface area contributed by atoms with Gasteiger partial charge in [0.05, 0.1) is 12.3 Å². The fourth-order valence-electron chi connectivity index (χ4n) is 4.49. The standard InChI is InChI=1S/C28H39N3O3/c1-22-12-7-8-13-24(22)28(33)30(4)25-14-9-10-15-26(25)34-21-11-5-6-16-27(32)31-19-17-23(18-20-31)29(2)3/h7-10,12-15,23H,5-6,11,16-21H2,1-4H3. The number of rotatable bonds is 10. The summed E-state index contributed by atoms with van der Waals surface area (Å²) < 4.78 is 6.04. The van der Waals surface area contributed by atoms with E-state index in [-0.39, 0.29) is 11.8 Å². The van der Waals surface area contributed by atoms with Crippen molar-refractivity contribution in [3.8, 4) is 5.75 Å². The molecular weight excluding hydrogens is 426 g/mol. The van der Waals surface area contributed by atoms with E-state index in [2.05, 4.69) is 19.0 Å². The molecule has 6 heteroatoms. The summed E-state index contributed by atoms with van der Waals surface area (Å²) in [6.45, 7) is 4.25. The maximum absolute atomic E-state index is 13.0. The number of unbranched alkanes of at least 4 members (excludes halogenated alkanes) is 2. The van der Waals surface area contributed by atoms with Gasteiger partial charge in [-0.15, -0.1) is 0 Å². The van der Waals surface area contributed by atoms with Gasteiger partial charge in [0.15, 0.2) is 0 Å². The molecular formula is C28H39N3O3. The van der Waals surface area contributed by atoms with E-state index in [4.69, 9.17) is 4.74 Å². The van der Waals surface area contributed by atoms with Crippen LogP contribution in [0.25, 0.3) is 0 Å². The number of anilines is 1. The monoisotopic (exact) mass is 465 g/mol. The number of likely N-dealkylation sites (tertiary alicyclic amines) is 1. The second kappa shape index (κ2) is 12.6. The number of aryl methyl sites for hydroxylation is 1. The first-order valence-electron chi connectivity index (χ1n) is 12.4. The summed E-state index contributed by atoms with van der Waals surface area (Å²) in [5.74, 6) is 0.925. The van der Waals surface area contributed by atoms with Gasteiger partial charge < -0.3 is 19.4 Å². The number of amides is 2. The fraction of sp³-hybridized carbons (Fsp3) is 0.500. The number of carbonyl (C=O) groups is 2. The number of carbonyl (C=O) groups excluding carboxylic acids is 2. The summed E-state index contributed by atoms with van der Waals surface area (Å²) in [6, 6.07) is 15.8. The zero-order valence-corrected chi connectivity index (χ0v) is 21.1. The minimum absolute atomic E-state index is 0.0534. The van der Waals surface area contributed by atoms with E-state index in [1.54, 1.807) is 11.9 Å². The maximum atomic E-state index is 13.0. The van der Waals surface area contributed by atoms with Crippen molar-refractivity contribution in [3.05, 3.63) is 59.7 Å². The Labute approximate surface area is 204 Å². The lowest BCUT2D eigenvalue weighted by Gasteiger charge is -2.35. The molecule has 0 saturated carbocycles. The van der Waals surface area contributed by atoms with Gasteiger partial charge in [-0.2, -0.15) is 0 Å². The second-order valence-electron chi connectivity index (χ2n) is 9.38. The minimum Gasteiger partial charge on any atom is -0.491 e. The molecule has 1 aliphatic heterocycles. The number of hydrogen-bond donors (Lipinski definition) is 0. The molecule has 1 fully saturated rings. The Bertz CT molecular complexity index is 951. The maximum Gasteiger partial charge on any atom is 0.258 e. The van der Waals surface area contributed by atoms with Crippen LogP contribution in [0.4, 0.5) is 5.69 Å². The van der Waals surface area contributed by atoms with Crippen LogP contribution in [0.3, 0.4) is 0 Å². The number of benzene rings is 2. The van der Waals surface area contributed by atoms with Crippen molar-refractivity contribution in [2.24, 2.45) is 0 Å². The normalized spacial score (nSPS) is 14.3. The Morgan fingerprint density at radius 1 is 0.941 bits per heavy atom. The van der Waals surface area contributed by atoms with Crippen LogP contribution in [0, 0.1) is 6.92 Å². The highest BCUT2D eigenvalue weighted by molar-refractivity contribution is 6.07. The van der Waals surface area contributed by atoms with Crippen LogP contribution in [0.1, 0.15) is 54.4 Å². The van der Waals surface area contributed by atoms with Crippen LogP contribution in [-0.4, -0.2) is 68.5 Å². The van der Waals surface area contributed by atoms with E-state index in [9.17, 15) is 9.59 Å². The van der Waals surface area contributed by atoms with Gasteiger partial charge >= 0.3 is 0 Å². The van der Waals surface area contributed by atoms with Crippen LogP contribution < -0.4 is 9.64 Å². The Hall–Kier alpha value is -2.86. The topological polar surface area (TPSA) is 53.1 Å². The first kappa shape index (κ1) is 25.8. The highest BCUT2D eigenvalue weighted by Crippen LogP contribution is 2.29. The first-order valence-corrected chi connectivity index (χ1v) is 12.4. The largest absolute Gasteiger partial charge is 0.491 e. The molecule has 2 aromatic rings. The van der Waals surface area contributed by atoms with E-state index < -0.39 is 0 Å².